The van der Waals surface area contributed by atoms with Crippen LogP contribution in [0.3, 0.4) is 0 Å². The van der Waals surface area contributed by atoms with E-state index in [0.717, 1.165) is 29.6 Å². The van der Waals surface area contributed by atoms with Crippen LogP contribution in [-0.4, -0.2) is 0 Å². The molecule has 0 aliphatic heterocycles. The number of allylic oxidation sites excluding steroid dienone is 4. The third kappa shape index (κ3) is 1.25. The van der Waals surface area contributed by atoms with Gasteiger partial charge in [0.05, 0.1) is 0 Å². The summed E-state index contributed by atoms with van der Waals surface area (Å²) in [5.74, 6) is 4.76. The van der Waals surface area contributed by atoms with Gasteiger partial charge in [0.1, 0.15) is 0 Å². The maximum Gasteiger partial charge on any atom is -0.0197 e. The molecule has 0 amide bonds. The van der Waals surface area contributed by atoms with Gasteiger partial charge in [0, 0.05) is 0 Å². The molecule has 0 spiro atoms. The van der Waals surface area contributed by atoms with E-state index in [0.29, 0.717) is 0 Å². The van der Waals surface area contributed by atoms with Crippen LogP contribution >= 0.6 is 0 Å². The van der Waals surface area contributed by atoms with E-state index >= 15 is 0 Å². The summed E-state index contributed by atoms with van der Waals surface area (Å²) >= 11 is 0. The molecule has 0 heteroatoms. The molecular formula is C17H24. The van der Waals surface area contributed by atoms with Crippen LogP contribution in [-0.2, 0) is 0 Å². The highest BCUT2D eigenvalue weighted by Gasteiger charge is 2.45. The summed E-state index contributed by atoms with van der Waals surface area (Å²) in [4.78, 5) is 0. The first-order valence-corrected chi connectivity index (χ1v) is 7.59. The zero-order valence-corrected chi connectivity index (χ0v) is 11.4. The van der Waals surface area contributed by atoms with Gasteiger partial charge >= 0.3 is 0 Å². The molecule has 4 aliphatic rings. The van der Waals surface area contributed by atoms with Crippen molar-refractivity contribution in [2.24, 2.45) is 29.6 Å². The van der Waals surface area contributed by atoms with Crippen LogP contribution in [0.4, 0.5) is 0 Å². The van der Waals surface area contributed by atoms with Gasteiger partial charge < -0.3 is 0 Å². The van der Waals surface area contributed by atoms with Gasteiger partial charge in [0.25, 0.3) is 0 Å². The summed E-state index contributed by atoms with van der Waals surface area (Å²) in [5.41, 5.74) is 7.43. The van der Waals surface area contributed by atoms with Crippen LogP contribution in [0, 0.1) is 29.6 Å². The molecule has 2 fully saturated rings. The third-order valence-electron chi connectivity index (χ3n) is 6.45. The van der Waals surface area contributed by atoms with E-state index in [1.165, 1.54) is 32.1 Å². The van der Waals surface area contributed by atoms with Crippen molar-refractivity contribution in [2.75, 3.05) is 0 Å². The Bertz CT molecular complexity index is 437. The van der Waals surface area contributed by atoms with E-state index in [2.05, 4.69) is 20.8 Å². The van der Waals surface area contributed by atoms with Gasteiger partial charge in [0.15, 0.2) is 0 Å². The second-order valence-electron chi connectivity index (χ2n) is 7.23. The first-order valence-electron chi connectivity index (χ1n) is 7.59. The summed E-state index contributed by atoms with van der Waals surface area (Å²) in [7, 11) is 0. The Hall–Kier alpha value is -0.520. The molecule has 0 nitrogen and oxygen atoms in total. The molecule has 0 aromatic carbocycles. The highest BCUT2D eigenvalue weighted by Crippen LogP contribution is 2.58. The number of rotatable bonds is 1. The minimum absolute atomic E-state index is 0.881. The number of hydrogen-bond acceptors (Lipinski definition) is 0. The summed E-state index contributed by atoms with van der Waals surface area (Å²) in [6, 6.07) is 0. The first kappa shape index (κ1) is 10.4. The standard InChI is InChI=1S/C17H24/c1-9-4-12-5-14(9)16(6-12)17-8-13-7-15(17)11(3)10(13)2/h9-13H,4-8H2,1-3H3. The fraction of sp³-hybridized carbons (Fsp3) is 0.765. The minimum Gasteiger partial charge on any atom is -0.0636 e. The van der Waals surface area contributed by atoms with E-state index in [4.69, 9.17) is 0 Å². The van der Waals surface area contributed by atoms with Gasteiger partial charge in [0.2, 0.25) is 0 Å². The number of hydrogen-bond donors (Lipinski definition) is 0. The van der Waals surface area contributed by atoms with Gasteiger partial charge in [-0.2, -0.15) is 0 Å². The molecule has 5 unspecified atom stereocenters. The topological polar surface area (TPSA) is 0 Å². The lowest BCUT2D eigenvalue weighted by Gasteiger charge is -2.27. The maximum atomic E-state index is 2.47. The van der Waals surface area contributed by atoms with E-state index < -0.39 is 0 Å². The average molecular weight is 228 g/mol. The van der Waals surface area contributed by atoms with E-state index in [1.54, 1.807) is 0 Å². The van der Waals surface area contributed by atoms with Crippen molar-refractivity contribution >= 4 is 0 Å². The predicted octanol–water partition coefficient (Wildman–Crippen LogP) is 4.73. The molecule has 0 saturated heterocycles. The highest BCUT2D eigenvalue weighted by atomic mass is 14.5. The summed E-state index contributed by atoms with van der Waals surface area (Å²) in [5, 5.41) is 0. The average Bonchev–Trinajstić information content (AvgIpc) is 3.00. The van der Waals surface area contributed by atoms with Crippen LogP contribution in [0.2, 0.25) is 0 Å². The molecule has 4 bridgehead atoms. The molecule has 5 atom stereocenters. The van der Waals surface area contributed by atoms with Crippen molar-refractivity contribution in [1.29, 1.82) is 0 Å². The lowest BCUT2D eigenvalue weighted by molar-refractivity contribution is 0.350. The fourth-order valence-corrected chi connectivity index (χ4v) is 5.30. The molecular weight excluding hydrogens is 204 g/mol. The molecule has 0 N–H and O–H groups in total. The lowest BCUT2D eigenvalue weighted by Crippen LogP contribution is -2.16. The summed E-state index contributed by atoms with van der Waals surface area (Å²) in [6.45, 7) is 7.40. The molecule has 4 rings (SSSR count). The van der Waals surface area contributed by atoms with Gasteiger partial charge in [-0.15, -0.1) is 0 Å². The smallest absolute Gasteiger partial charge is 0.0197 e. The van der Waals surface area contributed by atoms with Crippen molar-refractivity contribution < 1.29 is 0 Å². The van der Waals surface area contributed by atoms with Crippen molar-refractivity contribution in [3.8, 4) is 0 Å². The monoisotopic (exact) mass is 228 g/mol. The molecule has 0 aromatic rings. The van der Waals surface area contributed by atoms with Crippen LogP contribution < -0.4 is 0 Å². The summed E-state index contributed by atoms with van der Waals surface area (Å²) < 4.78 is 0. The Kier molecular flexibility index (Phi) is 2.00. The Labute approximate surface area is 105 Å². The van der Waals surface area contributed by atoms with E-state index in [-0.39, 0.29) is 0 Å². The van der Waals surface area contributed by atoms with Crippen molar-refractivity contribution in [3.05, 3.63) is 22.3 Å². The minimum atomic E-state index is 0.881. The van der Waals surface area contributed by atoms with Crippen molar-refractivity contribution in [3.63, 3.8) is 0 Å². The lowest BCUT2D eigenvalue weighted by atomic mass is 9.78. The van der Waals surface area contributed by atoms with Crippen molar-refractivity contribution in [2.45, 2.75) is 52.9 Å². The largest absolute Gasteiger partial charge is 0.0636 e. The molecule has 0 aromatic heterocycles. The molecule has 17 heavy (non-hydrogen) atoms. The first-order chi connectivity index (χ1) is 8.15. The van der Waals surface area contributed by atoms with Crippen molar-refractivity contribution in [1.82, 2.24) is 0 Å². The molecule has 0 heterocycles. The molecule has 92 valence electrons. The van der Waals surface area contributed by atoms with Gasteiger partial charge in [-0.05, 0) is 72.8 Å². The molecule has 2 saturated carbocycles. The molecule has 0 radical (unpaired) electrons. The zero-order chi connectivity index (χ0) is 11.7. The summed E-state index contributed by atoms with van der Waals surface area (Å²) in [6.07, 6.45) is 7.23. The normalized spacial score (nSPS) is 47.8. The Morgan fingerprint density at radius 3 is 2.18 bits per heavy atom. The quantitative estimate of drug-likeness (QED) is 0.609. The number of fused-ring (bicyclic) bond motifs is 4. The van der Waals surface area contributed by atoms with Crippen LogP contribution in [0.5, 0.6) is 0 Å². The Morgan fingerprint density at radius 2 is 1.59 bits per heavy atom. The van der Waals surface area contributed by atoms with E-state index in [9.17, 15) is 0 Å². The second-order valence-corrected chi connectivity index (χ2v) is 7.23. The fourth-order valence-electron chi connectivity index (χ4n) is 5.30. The second kappa shape index (κ2) is 3.28. The molecule has 4 aliphatic carbocycles. The third-order valence-corrected chi connectivity index (χ3v) is 6.45. The van der Waals surface area contributed by atoms with Gasteiger partial charge in [-0.1, -0.05) is 31.9 Å². The Morgan fingerprint density at radius 1 is 0.824 bits per heavy atom. The Balaban J connectivity index is 1.76. The zero-order valence-electron chi connectivity index (χ0n) is 11.4. The maximum absolute atomic E-state index is 2.47. The SMILES string of the molecule is CC1CC2CC(C3=C4CC(C3)C(C)C4C)=C1C2. The predicted molar refractivity (Wildman–Crippen MR) is 71.6 cm³/mol. The van der Waals surface area contributed by atoms with Crippen LogP contribution in [0.15, 0.2) is 22.3 Å². The van der Waals surface area contributed by atoms with E-state index in [1.807, 2.05) is 22.3 Å². The van der Waals surface area contributed by atoms with Crippen LogP contribution in [0.25, 0.3) is 0 Å². The highest BCUT2D eigenvalue weighted by molar-refractivity contribution is 5.49. The van der Waals surface area contributed by atoms with Gasteiger partial charge in [-0.25, -0.2) is 0 Å². The van der Waals surface area contributed by atoms with Crippen LogP contribution in [0.1, 0.15) is 52.9 Å². The van der Waals surface area contributed by atoms with Gasteiger partial charge in [-0.3, -0.25) is 0 Å².